The molecule has 2 aromatic rings. The number of anilines is 1. The Hall–Kier alpha value is -3.13. The number of fused-ring (bicyclic) bond motifs is 3. The zero-order valence-electron chi connectivity index (χ0n) is 19.7. The van der Waals surface area contributed by atoms with Crippen LogP contribution in [0.2, 0.25) is 0 Å². The lowest BCUT2D eigenvalue weighted by Gasteiger charge is -2.42. The number of primary amides is 1. The van der Waals surface area contributed by atoms with Crippen molar-refractivity contribution in [3.8, 4) is 0 Å². The van der Waals surface area contributed by atoms with Gasteiger partial charge in [-0.25, -0.2) is 4.79 Å². The quantitative estimate of drug-likeness (QED) is 0.678. The van der Waals surface area contributed by atoms with Crippen LogP contribution in [0.15, 0.2) is 47.5 Å². The Morgan fingerprint density at radius 3 is 2.59 bits per heavy atom. The Bertz CT molecular complexity index is 1200. The van der Waals surface area contributed by atoms with Gasteiger partial charge in [-0.05, 0) is 74.4 Å². The molecule has 5 rings (SSSR count). The van der Waals surface area contributed by atoms with Crippen LogP contribution in [0.4, 0.5) is 5.69 Å². The molecule has 3 aliphatic heterocycles. The van der Waals surface area contributed by atoms with Gasteiger partial charge in [-0.15, -0.1) is 11.3 Å². The van der Waals surface area contributed by atoms with Crippen LogP contribution < -0.4 is 10.6 Å². The normalized spacial score (nSPS) is 24.0. The Morgan fingerprint density at radius 2 is 1.97 bits per heavy atom. The fraction of sp³-hybridized carbons (Fsp3) is 0.423. The number of esters is 1. The first-order valence-corrected chi connectivity index (χ1v) is 12.5. The van der Waals surface area contributed by atoms with Gasteiger partial charge in [0.25, 0.3) is 0 Å². The predicted octanol–water partition coefficient (Wildman–Crippen LogP) is 3.44. The second-order valence-electron chi connectivity index (χ2n) is 10.1. The SMILES string of the molecule is CC(C)(C)OC(=O)C1=CC(C(N)=O)(c2cccs2)C2c3cc(N4CCCC4=O)ccc3CCN12. The highest BCUT2D eigenvalue weighted by molar-refractivity contribution is 7.10. The van der Waals surface area contributed by atoms with Gasteiger partial charge in [-0.1, -0.05) is 12.1 Å². The van der Waals surface area contributed by atoms with Crippen LogP contribution in [-0.2, 0) is 31.0 Å². The fourth-order valence-electron chi connectivity index (χ4n) is 5.37. The molecule has 3 aliphatic rings. The number of hydrogen-bond donors (Lipinski definition) is 1. The van der Waals surface area contributed by atoms with Crippen molar-refractivity contribution in [1.82, 2.24) is 4.90 Å². The van der Waals surface area contributed by atoms with Crippen molar-refractivity contribution in [2.75, 3.05) is 18.0 Å². The molecule has 0 saturated carbocycles. The van der Waals surface area contributed by atoms with Crippen LogP contribution in [0.1, 0.15) is 55.7 Å². The van der Waals surface area contributed by atoms with E-state index in [1.807, 2.05) is 61.4 Å². The highest BCUT2D eigenvalue weighted by atomic mass is 32.1. The van der Waals surface area contributed by atoms with E-state index in [2.05, 4.69) is 0 Å². The Balaban J connectivity index is 1.68. The number of benzene rings is 1. The van der Waals surface area contributed by atoms with E-state index >= 15 is 0 Å². The molecule has 1 aromatic heterocycles. The second-order valence-corrected chi connectivity index (χ2v) is 11.1. The van der Waals surface area contributed by atoms with E-state index in [0.29, 0.717) is 31.6 Å². The summed E-state index contributed by atoms with van der Waals surface area (Å²) in [6.07, 6.45) is 3.79. The number of thiophene rings is 1. The van der Waals surface area contributed by atoms with Crippen LogP contribution in [0.3, 0.4) is 0 Å². The summed E-state index contributed by atoms with van der Waals surface area (Å²) in [6, 6.07) is 9.31. The van der Waals surface area contributed by atoms with Crippen molar-refractivity contribution in [3.05, 3.63) is 63.5 Å². The van der Waals surface area contributed by atoms with Crippen LogP contribution in [0, 0.1) is 0 Å². The molecule has 2 unspecified atom stereocenters. The Labute approximate surface area is 203 Å². The van der Waals surface area contributed by atoms with Gasteiger partial charge in [0.1, 0.15) is 16.7 Å². The highest BCUT2D eigenvalue weighted by Crippen LogP contribution is 2.54. The zero-order chi connectivity index (χ0) is 24.3. The summed E-state index contributed by atoms with van der Waals surface area (Å²) in [5, 5.41) is 1.91. The van der Waals surface area contributed by atoms with E-state index in [1.54, 1.807) is 11.0 Å². The molecule has 1 fully saturated rings. The van der Waals surface area contributed by atoms with Gasteiger partial charge >= 0.3 is 5.97 Å². The van der Waals surface area contributed by atoms with E-state index in [4.69, 9.17) is 10.5 Å². The van der Waals surface area contributed by atoms with Crippen LogP contribution >= 0.6 is 11.3 Å². The van der Waals surface area contributed by atoms with Gasteiger partial charge < -0.3 is 20.3 Å². The van der Waals surface area contributed by atoms with Gasteiger partial charge in [0.15, 0.2) is 0 Å². The molecule has 34 heavy (non-hydrogen) atoms. The number of nitrogens with two attached hydrogens (primary N) is 1. The Kier molecular flexibility index (Phi) is 5.31. The van der Waals surface area contributed by atoms with Crippen molar-refractivity contribution < 1.29 is 19.1 Å². The molecule has 0 aliphatic carbocycles. The lowest BCUT2D eigenvalue weighted by atomic mass is 9.73. The lowest BCUT2D eigenvalue weighted by molar-refractivity contribution is -0.152. The number of hydrogen-bond acceptors (Lipinski definition) is 6. The van der Waals surface area contributed by atoms with E-state index in [0.717, 1.165) is 28.1 Å². The summed E-state index contributed by atoms with van der Waals surface area (Å²) >= 11 is 1.45. The molecule has 0 spiro atoms. The largest absolute Gasteiger partial charge is 0.455 e. The monoisotopic (exact) mass is 479 g/mol. The fourth-order valence-corrected chi connectivity index (χ4v) is 6.30. The van der Waals surface area contributed by atoms with E-state index < -0.39 is 28.9 Å². The summed E-state index contributed by atoms with van der Waals surface area (Å²) in [5.74, 6) is -0.878. The molecule has 1 saturated heterocycles. The summed E-state index contributed by atoms with van der Waals surface area (Å²) in [4.78, 5) is 43.6. The number of carbonyl (C=O) groups excluding carboxylic acids is 3. The maximum atomic E-state index is 13.3. The first kappa shape index (κ1) is 22.7. The number of ether oxygens (including phenoxy) is 1. The van der Waals surface area contributed by atoms with E-state index in [1.165, 1.54) is 11.3 Å². The predicted molar refractivity (Wildman–Crippen MR) is 130 cm³/mol. The summed E-state index contributed by atoms with van der Waals surface area (Å²) in [6.45, 7) is 6.71. The third-order valence-corrected chi connectivity index (χ3v) is 7.81. The van der Waals surface area contributed by atoms with E-state index in [-0.39, 0.29) is 5.91 Å². The number of rotatable bonds is 4. The molecule has 0 bridgehead atoms. The lowest BCUT2D eigenvalue weighted by Crippen LogP contribution is -2.48. The molecule has 2 N–H and O–H groups in total. The molecule has 1 aromatic carbocycles. The molecule has 2 atom stereocenters. The van der Waals surface area contributed by atoms with Crippen molar-refractivity contribution >= 4 is 34.8 Å². The van der Waals surface area contributed by atoms with Gasteiger partial charge in [0, 0.05) is 30.1 Å². The van der Waals surface area contributed by atoms with Crippen LogP contribution in [0.25, 0.3) is 0 Å². The topological polar surface area (TPSA) is 92.9 Å². The first-order valence-electron chi connectivity index (χ1n) is 11.6. The first-order chi connectivity index (χ1) is 16.1. The molecule has 0 radical (unpaired) electrons. The zero-order valence-corrected chi connectivity index (χ0v) is 20.5. The third kappa shape index (κ3) is 3.52. The van der Waals surface area contributed by atoms with E-state index in [9.17, 15) is 14.4 Å². The maximum Gasteiger partial charge on any atom is 0.354 e. The van der Waals surface area contributed by atoms with Crippen molar-refractivity contribution in [1.29, 1.82) is 0 Å². The molecule has 7 nitrogen and oxygen atoms in total. The van der Waals surface area contributed by atoms with Crippen molar-refractivity contribution in [2.45, 2.75) is 57.1 Å². The minimum Gasteiger partial charge on any atom is -0.455 e. The van der Waals surface area contributed by atoms with Gasteiger partial charge in [0.2, 0.25) is 11.8 Å². The molecular weight excluding hydrogens is 450 g/mol. The standard InChI is InChI=1S/C26H29N3O4S/c1-25(2,3)33-23(31)19-15-26(24(27)32,20-6-5-13-34-20)22-18-14-17(28-11-4-7-21(28)30)9-8-16(18)10-12-29(19)22/h5-6,8-9,13-15,22H,4,7,10-12H2,1-3H3,(H2,27,32). The highest BCUT2D eigenvalue weighted by Gasteiger charge is 2.57. The number of amides is 2. The average Bonchev–Trinajstić information content (AvgIpc) is 3.50. The summed E-state index contributed by atoms with van der Waals surface area (Å²) < 4.78 is 5.72. The van der Waals surface area contributed by atoms with Gasteiger partial charge in [-0.2, -0.15) is 0 Å². The second kappa shape index (κ2) is 7.98. The number of nitrogens with zero attached hydrogens (tertiary/aromatic N) is 2. The Morgan fingerprint density at radius 1 is 1.18 bits per heavy atom. The van der Waals surface area contributed by atoms with Crippen molar-refractivity contribution in [3.63, 3.8) is 0 Å². The third-order valence-electron chi connectivity index (χ3n) is 6.79. The average molecular weight is 480 g/mol. The van der Waals surface area contributed by atoms with Crippen LogP contribution in [0.5, 0.6) is 0 Å². The minimum absolute atomic E-state index is 0.103. The molecule has 178 valence electrons. The molecule has 2 amide bonds. The van der Waals surface area contributed by atoms with Gasteiger partial charge in [-0.3, -0.25) is 9.59 Å². The number of carbonyl (C=O) groups is 3. The smallest absolute Gasteiger partial charge is 0.354 e. The van der Waals surface area contributed by atoms with Crippen molar-refractivity contribution in [2.24, 2.45) is 5.73 Å². The summed E-state index contributed by atoms with van der Waals surface area (Å²) in [7, 11) is 0. The van der Waals surface area contributed by atoms with Crippen LogP contribution in [-0.4, -0.2) is 41.4 Å². The molecular formula is C26H29N3O4S. The molecule has 8 heteroatoms. The minimum atomic E-state index is -1.22. The van der Waals surface area contributed by atoms with Gasteiger partial charge in [0.05, 0.1) is 6.04 Å². The summed E-state index contributed by atoms with van der Waals surface area (Å²) in [5.41, 5.74) is 7.44. The molecule has 4 heterocycles. The maximum absolute atomic E-state index is 13.3.